The van der Waals surface area contributed by atoms with E-state index in [9.17, 15) is 9.59 Å². The summed E-state index contributed by atoms with van der Waals surface area (Å²) >= 11 is 6.01. The highest BCUT2D eigenvalue weighted by Crippen LogP contribution is 2.24. The molecule has 0 aromatic carbocycles. The Bertz CT molecular complexity index is 697. The molecular weight excluding hydrogens is 280 g/mol. The number of fused-ring (bicyclic) bond motifs is 1. The summed E-state index contributed by atoms with van der Waals surface area (Å²) in [6, 6.07) is 3.69. The lowest BCUT2D eigenvalue weighted by atomic mass is 10.1. The highest BCUT2D eigenvalue weighted by molar-refractivity contribution is 6.34. The second-order valence-corrected chi connectivity index (χ2v) is 5.22. The van der Waals surface area contributed by atoms with Gasteiger partial charge in [0.25, 0.3) is 0 Å². The molecule has 1 fully saturated rings. The van der Waals surface area contributed by atoms with Gasteiger partial charge in [-0.3, -0.25) is 9.59 Å². The van der Waals surface area contributed by atoms with Crippen molar-refractivity contribution in [3.05, 3.63) is 29.2 Å². The number of nitrogens with two attached hydrogens (primary N) is 1. The largest absolute Gasteiger partial charge is 0.369 e. The van der Waals surface area contributed by atoms with Crippen molar-refractivity contribution < 1.29 is 9.59 Å². The minimum atomic E-state index is -0.690. The van der Waals surface area contributed by atoms with E-state index in [-0.39, 0.29) is 5.91 Å². The zero-order chi connectivity index (χ0) is 14.3. The van der Waals surface area contributed by atoms with Crippen molar-refractivity contribution in [2.24, 2.45) is 11.7 Å². The molecule has 1 atom stereocenters. The molecular formula is C13H13ClN4O2. The molecule has 2 amide bonds. The summed E-state index contributed by atoms with van der Waals surface area (Å²) in [7, 11) is 0. The third-order valence-electron chi connectivity index (χ3n) is 3.56. The Labute approximate surface area is 119 Å². The molecule has 2 aromatic heterocycles. The van der Waals surface area contributed by atoms with Crippen molar-refractivity contribution >= 4 is 34.3 Å². The predicted molar refractivity (Wildman–Crippen MR) is 73.8 cm³/mol. The second-order valence-electron chi connectivity index (χ2n) is 4.86. The van der Waals surface area contributed by atoms with E-state index in [1.807, 2.05) is 12.1 Å². The van der Waals surface area contributed by atoms with Crippen LogP contribution in [-0.2, 0) is 16.1 Å². The van der Waals surface area contributed by atoms with E-state index in [0.717, 1.165) is 16.6 Å². The number of pyridine rings is 1. The van der Waals surface area contributed by atoms with Crippen LogP contribution in [0.1, 0.15) is 12.1 Å². The van der Waals surface area contributed by atoms with E-state index in [1.54, 1.807) is 11.1 Å². The third-order valence-corrected chi connectivity index (χ3v) is 3.86. The minimum absolute atomic E-state index is 0.208. The molecule has 0 saturated carbocycles. The van der Waals surface area contributed by atoms with Crippen LogP contribution in [0.2, 0.25) is 5.15 Å². The molecule has 0 radical (unpaired) electrons. The van der Waals surface area contributed by atoms with Crippen LogP contribution in [-0.4, -0.2) is 33.2 Å². The molecule has 6 nitrogen and oxygen atoms in total. The summed E-state index contributed by atoms with van der Waals surface area (Å²) in [5.74, 6) is -1.45. The molecule has 3 heterocycles. The molecule has 20 heavy (non-hydrogen) atoms. The van der Waals surface area contributed by atoms with E-state index in [1.165, 1.54) is 0 Å². The molecule has 1 saturated heterocycles. The Morgan fingerprint density at radius 2 is 2.40 bits per heavy atom. The number of carbonyl (C=O) groups is 2. The third kappa shape index (κ3) is 2.12. The maximum atomic E-state index is 12.0. The van der Waals surface area contributed by atoms with Crippen LogP contribution in [0.15, 0.2) is 18.3 Å². The Morgan fingerprint density at radius 3 is 3.05 bits per heavy atom. The van der Waals surface area contributed by atoms with Gasteiger partial charge in [-0.15, -0.1) is 0 Å². The van der Waals surface area contributed by atoms with Crippen molar-refractivity contribution in [2.45, 2.75) is 13.0 Å². The van der Waals surface area contributed by atoms with Crippen LogP contribution >= 0.6 is 11.6 Å². The fourth-order valence-electron chi connectivity index (χ4n) is 2.53. The molecule has 3 N–H and O–H groups in total. The number of likely N-dealkylation sites (tertiary alicyclic amines) is 1. The first kappa shape index (κ1) is 12.9. The standard InChI is InChI=1S/C13H13ClN4O2/c14-11-9-5-7(17-10(9)1-3-16-11)6-18-4-2-8(12(15)19)13(18)20/h1,3,5,8,17H,2,4,6H2,(H2,15,19)/t8-/m0/s1. The summed E-state index contributed by atoms with van der Waals surface area (Å²) < 4.78 is 0. The number of aromatic amines is 1. The van der Waals surface area contributed by atoms with Gasteiger partial charge < -0.3 is 15.6 Å². The SMILES string of the molecule is NC(=O)[C@@H]1CCN(Cc2cc3c(Cl)nccc3[nH]2)C1=O. The quantitative estimate of drug-likeness (QED) is 0.654. The number of amides is 2. The summed E-state index contributed by atoms with van der Waals surface area (Å²) in [5, 5.41) is 1.25. The van der Waals surface area contributed by atoms with Crippen LogP contribution in [0.3, 0.4) is 0 Å². The van der Waals surface area contributed by atoms with Crippen LogP contribution in [0, 0.1) is 5.92 Å². The van der Waals surface area contributed by atoms with Gasteiger partial charge >= 0.3 is 0 Å². The first-order chi connectivity index (χ1) is 9.56. The van der Waals surface area contributed by atoms with E-state index in [0.29, 0.717) is 24.7 Å². The molecule has 2 aromatic rings. The van der Waals surface area contributed by atoms with Crippen LogP contribution in [0.25, 0.3) is 10.9 Å². The Morgan fingerprint density at radius 1 is 1.60 bits per heavy atom. The smallest absolute Gasteiger partial charge is 0.235 e. The second kappa shape index (κ2) is 4.79. The molecule has 0 unspecified atom stereocenters. The number of primary amides is 1. The Kier molecular flexibility index (Phi) is 3.10. The Balaban J connectivity index is 1.82. The molecule has 7 heteroatoms. The number of halogens is 1. The number of rotatable bonds is 3. The van der Waals surface area contributed by atoms with Gasteiger partial charge in [0.1, 0.15) is 11.1 Å². The average Bonchev–Trinajstić information content (AvgIpc) is 2.95. The summed E-state index contributed by atoms with van der Waals surface area (Å²) in [6.07, 6.45) is 2.10. The van der Waals surface area contributed by atoms with Gasteiger partial charge in [0.2, 0.25) is 11.8 Å². The lowest BCUT2D eigenvalue weighted by Gasteiger charge is -2.14. The van der Waals surface area contributed by atoms with E-state index >= 15 is 0 Å². The normalized spacial score (nSPS) is 18.9. The number of hydrogen-bond donors (Lipinski definition) is 2. The topological polar surface area (TPSA) is 92.1 Å². The zero-order valence-corrected chi connectivity index (χ0v) is 11.4. The average molecular weight is 293 g/mol. The predicted octanol–water partition coefficient (Wildman–Crippen LogP) is 1.05. The maximum Gasteiger partial charge on any atom is 0.235 e. The first-order valence-corrected chi connectivity index (χ1v) is 6.64. The van der Waals surface area contributed by atoms with Crippen LogP contribution in [0.4, 0.5) is 0 Å². The first-order valence-electron chi connectivity index (χ1n) is 6.26. The van der Waals surface area contributed by atoms with E-state index in [4.69, 9.17) is 17.3 Å². The van der Waals surface area contributed by atoms with E-state index in [2.05, 4.69) is 9.97 Å². The molecule has 1 aliphatic rings. The monoisotopic (exact) mass is 292 g/mol. The molecule has 0 spiro atoms. The highest BCUT2D eigenvalue weighted by Gasteiger charge is 2.35. The summed E-state index contributed by atoms with van der Waals surface area (Å²) in [6.45, 7) is 0.946. The van der Waals surface area contributed by atoms with Crippen molar-refractivity contribution in [3.63, 3.8) is 0 Å². The molecule has 0 bridgehead atoms. The number of hydrogen-bond acceptors (Lipinski definition) is 3. The van der Waals surface area contributed by atoms with Crippen molar-refractivity contribution in [1.29, 1.82) is 0 Å². The lowest BCUT2D eigenvalue weighted by Crippen LogP contribution is -2.33. The van der Waals surface area contributed by atoms with Gasteiger partial charge in [0, 0.05) is 23.8 Å². The van der Waals surface area contributed by atoms with Gasteiger partial charge in [-0.1, -0.05) is 11.6 Å². The molecule has 0 aliphatic carbocycles. The lowest BCUT2D eigenvalue weighted by molar-refractivity contribution is -0.136. The number of nitrogens with one attached hydrogen (secondary N) is 1. The minimum Gasteiger partial charge on any atom is -0.369 e. The fraction of sp³-hybridized carbons (Fsp3) is 0.308. The fourth-order valence-corrected chi connectivity index (χ4v) is 2.74. The van der Waals surface area contributed by atoms with Crippen molar-refractivity contribution in [3.8, 4) is 0 Å². The Hall–Kier alpha value is -2.08. The number of H-pyrrole nitrogens is 1. The summed E-state index contributed by atoms with van der Waals surface area (Å²) in [4.78, 5) is 32.0. The summed E-state index contributed by atoms with van der Waals surface area (Å²) in [5.41, 5.74) is 6.93. The van der Waals surface area contributed by atoms with Crippen LogP contribution < -0.4 is 5.73 Å². The zero-order valence-electron chi connectivity index (χ0n) is 10.6. The number of carbonyl (C=O) groups excluding carboxylic acids is 2. The van der Waals surface area contributed by atoms with Gasteiger partial charge in [-0.05, 0) is 18.6 Å². The highest BCUT2D eigenvalue weighted by atomic mass is 35.5. The molecule has 1 aliphatic heterocycles. The van der Waals surface area contributed by atoms with Gasteiger partial charge in [-0.2, -0.15) is 0 Å². The molecule has 3 rings (SSSR count). The number of nitrogens with zero attached hydrogens (tertiary/aromatic N) is 2. The van der Waals surface area contributed by atoms with Gasteiger partial charge in [0.05, 0.1) is 12.1 Å². The van der Waals surface area contributed by atoms with E-state index < -0.39 is 11.8 Å². The molecule has 104 valence electrons. The van der Waals surface area contributed by atoms with Crippen molar-refractivity contribution in [2.75, 3.05) is 6.54 Å². The van der Waals surface area contributed by atoms with Crippen molar-refractivity contribution in [1.82, 2.24) is 14.9 Å². The van der Waals surface area contributed by atoms with Crippen LogP contribution in [0.5, 0.6) is 0 Å². The number of aromatic nitrogens is 2. The maximum absolute atomic E-state index is 12.0. The van der Waals surface area contributed by atoms with Gasteiger partial charge in [-0.25, -0.2) is 4.98 Å². The van der Waals surface area contributed by atoms with Gasteiger partial charge in [0.15, 0.2) is 0 Å².